The van der Waals surface area contributed by atoms with E-state index in [0.29, 0.717) is 0 Å². The highest BCUT2D eigenvalue weighted by atomic mass is 32.2. The molecule has 2 N–H and O–H groups in total. The van der Waals surface area contributed by atoms with Crippen molar-refractivity contribution < 1.29 is 0 Å². The lowest BCUT2D eigenvalue weighted by molar-refractivity contribution is 1.39. The van der Waals surface area contributed by atoms with Crippen molar-refractivity contribution in [3.63, 3.8) is 0 Å². The van der Waals surface area contributed by atoms with Crippen LogP contribution in [0.3, 0.4) is 0 Å². The van der Waals surface area contributed by atoms with E-state index in [2.05, 4.69) is 16.4 Å². The van der Waals surface area contributed by atoms with Gasteiger partial charge in [0, 0.05) is 16.5 Å². The highest BCUT2D eigenvalue weighted by molar-refractivity contribution is 8.01. The summed E-state index contributed by atoms with van der Waals surface area (Å²) in [5.41, 5.74) is 7.94. The normalized spacial score (nSPS) is 10.8. The van der Waals surface area contributed by atoms with E-state index in [1.54, 1.807) is 29.3 Å². The van der Waals surface area contributed by atoms with E-state index in [9.17, 15) is 0 Å². The molecule has 84 valence electrons. The molecular weight excluding hydrogens is 248 g/mol. The van der Waals surface area contributed by atoms with Crippen molar-refractivity contribution in [1.82, 2.24) is 4.98 Å². The molecule has 0 aliphatic heterocycles. The molecule has 2 aromatic heterocycles. The third kappa shape index (κ3) is 2.01. The third-order valence-corrected chi connectivity index (χ3v) is 4.61. The first-order valence-corrected chi connectivity index (χ1v) is 6.89. The molecule has 0 aliphatic rings. The Morgan fingerprint density at radius 3 is 2.88 bits per heavy atom. The highest BCUT2D eigenvalue weighted by Gasteiger charge is 2.06. The zero-order chi connectivity index (χ0) is 11.7. The second-order valence-electron chi connectivity index (χ2n) is 3.58. The Bertz CT molecular complexity index is 648. The number of aromatic nitrogens is 1. The fourth-order valence-electron chi connectivity index (χ4n) is 1.67. The van der Waals surface area contributed by atoms with Crippen molar-refractivity contribution >= 4 is 39.7 Å². The van der Waals surface area contributed by atoms with Gasteiger partial charge in [0.1, 0.15) is 0 Å². The summed E-state index contributed by atoms with van der Waals surface area (Å²) >= 11 is 3.43. The van der Waals surface area contributed by atoms with Crippen molar-refractivity contribution in [3.05, 3.63) is 48.0 Å². The number of benzene rings is 1. The number of pyridine rings is 1. The van der Waals surface area contributed by atoms with Crippen LogP contribution in [-0.2, 0) is 0 Å². The minimum Gasteiger partial charge on any atom is -0.397 e. The highest BCUT2D eigenvalue weighted by Crippen LogP contribution is 2.37. The lowest BCUT2D eigenvalue weighted by atomic mass is 10.2. The molecule has 3 rings (SSSR count). The smallest absolute Gasteiger partial charge is 0.0723 e. The van der Waals surface area contributed by atoms with Crippen LogP contribution < -0.4 is 5.73 Å². The summed E-state index contributed by atoms with van der Waals surface area (Å²) in [6, 6.07) is 12.1. The first-order valence-electron chi connectivity index (χ1n) is 5.19. The van der Waals surface area contributed by atoms with E-state index in [-0.39, 0.29) is 0 Å². The second-order valence-corrected chi connectivity index (χ2v) is 5.87. The maximum absolute atomic E-state index is 6.18. The van der Waals surface area contributed by atoms with E-state index in [4.69, 9.17) is 5.73 Å². The maximum Gasteiger partial charge on any atom is 0.0723 e. The van der Waals surface area contributed by atoms with Gasteiger partial charge >= 0.3 is 0 Å². The standard InChI is InChI=1S/C13H10N2S2/c14-13-9-3-1-7-15-10(9)5-6-11(13)17-12-4-2-8-16-12/h1-8H,14H2. The van der Waals surface area contributed by atoms with Gasteiger partial charge in [0.2, 0.25) is 0 Å². The van der Waals surface area contributed by atoms with Crippen LogP contribution in [0.2, 0.25) is 0 Å². The third-order valence-electron chi connectivity index (χ3n) is 2.49. The molecule has 0 atom stereocenters. The van der Waals surface area contributed by atoms with Gasteiger partial charge < -0.3 is 5.73 Å². The predicted molar refractivity (Wildman–Crippen MR) is 74.6 cm³/mol. The monoisotopic (exact) mass is 258 g/mol. The largest absolute Gasteiger partial charge is 0.397 e. The topological polar surface area (TPSA) is 38.9 Å². The average Bonchev–Trinajstić information content (AvgIpc) is 2.86. The number of hydrogen-bond donors (Lipinski definition) is 1. The fourth-order valence-corrected chi connectivity index (χ4v) is 3.47. The van der Waals surface area contributed by atoms with Gasteiger partial charge in [-0.05, 0) is 35.7 Å². The van der Waals surface area contributed by atoms with Gasteiger partial charge in [-0.15, -0.1) is 11.3 Å². The van der Waals surface area contributed by atoms with E-state index in [0.717, 1.165) is 21.5 Å². The molecule has 0 bridgehead atoms. The number of nitrogen functional groups attached to an aromatic ring is 1. The molecule has 17 heavy (non-hydrogen) atoms. The molecule has 0 saturated carbocycles. The first-order chi connectivity index (χ1) is 8.34. The van der Waals surface area contributed by atoms with Crippen molar-refractivity contribution in [1.29, 1.82) is 0 Å². The molecular formula is C13H10N2S2. The number of nitrogens with two attached hydrogens (primary N) is 1. The molecule has 0 spiro atoms. The number of nitrogens with zero attached hydrogens (tertiary/aromatic N) is 1. The number of fused-ring (bicyclic) bond motifs is 1. The van der Waals surface area contributed by atoms with Crippen LogP contribution >= 0.6 is 23.1 Å². The molecule has 2 nitrogen and oxygen atoms in total. The zero-order valence-corrected chi connectivity index (χ0v) is 10.6. The van der Waals surface area contributed by atoms with Gasteiger partial charge in [-0.1, -0.05) is 17.8 Å². The van der Waals surface area contributed by atoms with Gasteiger partial charge in [0.05, 0.1) is 15.4 Å². The summed E-state index contributed by atoms with van der Waals surface area (Å²) in [6.45, 7) is 0. The van der Waals surface area contributed by atoms with Gasteiger partial charge in [-0.25, -0.2) is 0 Å². The Morgan fingerprint density at radius 2 is 2.06 bits per heavy atom. The molecule has 0 amide bonds. The Kier molecular flexibility index (Phi) is 2.74. The minimum atomic E-state index is 0.814. The van der Waals surface area contributed by atoms with Gasteiger partial charge in [0.25, 0.3) is 0 Å². The zero-order valence-electron chi connectivity index (χ0n) is 8.96. The first kappa shape index (κ1) is 10.6. The summed E-state index contributed by atoms with van der Waals surface area (Å²) in [6.07, 6.45) is 1.79. The second kappa shape index (κ2) is 4.39. The summed E-state index contributed by atoms with van der Waals surface area (Å²) in [7, 11) is 0. The summed E-state index contributed by atoms with van der Waals surface area (Å²) in [4.78, 5) is 5.38. The van der Waals surface area contributed by atoms with Crippen LogP contribution in [0.25, 0.3) is 10.9 Å². The SMILES string of the molecule is Nc1c(Sc2cccs2)ccc2ncccc12. The molecule has 0 unspecified atom stereocenters. The van der Waals surface area contributed by atoms with Crippen LogP contribution in [0.4, 0.5) is 5.69 Å². The van der Waals surface area contributed by atoms with Crippen LogP contribution in [-0.4, -0.2) is 4.98 Å². The van der Waals surface area contributed by atoms with Crippen LogP contribution in [0.5, 0.6) is 0 Å². The number of rotatable bonds is 2. The van der Waals surface area contributed by atoms with Gasteiger partial charge in [-0.3, -0.25) is 4.98 Å². The Morgan fingerprint density at radius 1 is 1.12 bits per heavy atom. The van der Waals surface area contributed by atoms with Crippen LogP contribution in [0, 0.1) is 0 Å². The van der Waals surface area contributed by atoms with Crippen LogP contribution in [0.1, 0.15) is 0 Å². The van der Waals surface area contributed by atoms with Gasteiger partial charge in [0.15, 0.2) is 0 Å². The molecule has 1 aromatic carbocycles. The molecule has 3 aromatic rings. The van der Waals surface area contributed by atoms with Crippen LogP contribution in [0.15, 0.2) is 57.1 Å². The number of thiophene rings is 1. The van der Waals surface area contributed by atoms with Crippen molar-refractivity contribution in [2.24, 2.45) is 0 Å². The minimum absolute atomic E-state index is 0.814. The molecule has 0 radical (unpaired) electrons. The Labute approximate surface area is 107 Å². The summed E-state index contributed by atoms with van der Waals surface area (Å²) in [5.74, 6) is 0. The number of anilines is 1. The van der Waals surface area contributed by atoms with Gasteiger partial charge in [-0.2, -0.15) is 0 Å². The van der Waals surface area contributed by atoms with E-state index in [1.165, 1.54) is 4.21 Å². The molecule has 4 heteroatoms. The number of hydrogen-bond acceptors (Lipinski definition) is 4. The molecule has 0 aliphatic carbocycles. The summed E-state index contributed by atoms with van der Waals surface area (Å²) < 4.78 is 1.25. The quantitative estimate of drug-likeness (QED) is 0.705. The maximum atomic E-state index is 6.18. The predicted octanol–water partition coefficient (Wildman–Crippen LogP) is 4.03. The molecule has 2 heterocycles. The molecule has 0 saturated heterocycles. The van der Waals surface area contributed by atoms with E-state index < -0.39 is 0 Å². The van der Waals surface area contributed by atoms with Crippen molar-refractivity contribution in [2.45, 2.75) is 9.10 Å². The molecule has 0 fully saturated rings. The lowest BCUT2D eigenvalue weighted by Crippen LogP contribution is -1.91. The van der Waals surface area contributed by atoms with E-state index >= 15 is 0 Å². The fraction of sp³-hybridized carbons (Fsp3) is 0. The summed E-state index contributed by atoms with van der Waals surface area (Å²) in [5, 5.41) is 3.09. The lowest BCUT2D eigenvalue weighted by Gasteiger charge is -2.06. The van der Waals surface area contributed by atoms with Crippen molar-refractivity contribution in [2.75, 3.05) is 5.73 Å². The average molecular weight is 258 g/mol. The Balaban J connectivity index is 2.09. The Hall–Kier alpha value is -1.52. The van der Waals surface area contributed by atoms with Crippen molar-refractivity contribution in [3.8, 4) is 0 Å². The van der Waals surface area contributed by atoms with E-state index in [1.807, 2.05) is 30.3 Å².